The number of carbonyl (C=O) groups excluding carboxylic acids is 3. The lowest BCUT2D eigenvalue weighted by atomic mass is 10.2. The number of nitriles is 1. The lowest BCUT2D eigenvalue weighted by molar-refractivity contribution is -0.146. The predicted octanol–water partition coefficient (Wildman–Crippen LogP) is 2.51. The van der Waals surface area contributed by atoms with Crippen LogP contribution in [-0.4, -0.2) is 37.5 Å². The Bertz CT molecular complexity index is 1000. The fourth-order valence-corrected chi connectivity index (χ4v) is 2.92. The number of ether oxygens (including phenoxy) is 2. The quantitative estimate of drug-likeness (QED) is 0.754. The largest absolute Gasteiger partial charge is 0.491 e. The average Bonchev–Trinajstić information content (AvgIpc) is 2.86. The van der Waals surface area contributed by atoms with Crippen molar-refractivity contribution < 1.29 is 23.9 Å². The number of halogens is 1. The van der Waals surface area contributed by atoms with E-state index < -0.39 is 18.5 Å². The molecule has 2 amide bonds. The van der Waals surface area contributed by atoms with Crippen LogP contribution in [0.5, 0.6) is 5.75 Å². The Morgan fingerprint density at radius 2 is 2.07 bits per heavy atom. The van der Waals surface area contributed by atoms with Crippen molar-refractivity contribution in [2.45, 2.75) is 6.42 Å². The summed E-state index contributed by atoms with van der Waals surface area (Å²) in [5.41, 5.74) is 1.12. The van der Waals surface area contributed by atoms with E-state index in [9.17, 15) is 14.4 Å². The maximum Gasteiger partial charge on any atom is 0.326 e. The summed E-state index contributed by atoms with van der Waals surface area (Å²) in [7, 11) is 0. The van der Waals surface area contributed by atoms with Gasteiger partial charge in [-0.1, -0.05) is 23.7 Å². The van der Waals surface area contributed by atoms with E-state index in [1.54, 1.807) is 24.3 Å². The van der Waals surface area contributed by atoms with Gasteiger partial charge in [0.05, 0.1) is 29.3 Å². The highest BCUT2D eigenvalue weighted by atomic mass is 35.5. The van der Waals surface area contributed by atoms with Crippen LogP contribution in [0.25, 0.3) is 0 Å². The Labute approximate surface area is 171 Å². The number of para-hydroxylation sites is 2. The van der Waals surface area contributed by atoms with E-state index in [1.807, 2.05) is 6.07 Å². The Balaban J connectivity index is 1.57. The summed E-state index contributed by atoms with van der Waals surface area (Å²) in [4.78, 5) is 37.8. The molecule has 0 saturated carbocycles. The smallest absolute Gasteiger partial charge is 0.326 e. The first-order chi connectivity index (χ1) is 14.0. The van der Waals surface area contributed by atoms with E-state index >= 15 is 0 Å². The van der Waals surface area contributed by atoms with Gasteiger partial charge in [-0.05, 0) is 30.3 Å². The minimum Gasteiger partial charge on any atom is -0.491 e. The summed E-state index contributed by atoms with van der Waals surface area (Å²) < 4.78 is 10.5. The number of benzene rings is 2. The van der Waals surface area contributed by atoms with Crippen molar-refractivity contribution >= 4 is 40.8 Å². The first-order valence-corrected chi connectivity index (χ1v) is 9.03. The average molecular weight is 414 g/mol. The highest BCUT2D eigenvalue weighted by Crippen LogP contribution is 2.30. The zero-order chi connectivity index (χ0) is 20.8. The molecule has 0 unspecified atom stereocenters. The molecule has 29 heavy (non-hydrogen) atoms. The molecular formula is C20H16ClN3O5. The number of nitrogens with zero attached hydrogens (tertiary/aromatic N) is 2. The number of anilines is 2. The Morgan fingerprint density at radius 3 is 2.83 bits per heavy atom. The molecule has 9 heteroatoms. The van der Waals surface area contributed by atoms with Crippen LogP contribution in [0.2, 0.25) is 5.02 Å². The summed E-state index contributed by atoms with van der Waals surface area (Å²) in [6, 6.07) is 13.2. The zero-order valence-corrected chi connectivity index (χ0v) is 15.9. The molecule has 0 aliphatic carbocycles. The van der Waals surface area contributed by atoms with Crippen molar-refractivity contribution in [1.29, 1.82) is 5.26 Å². The van der Waals surface area contributed by atoms with Gasteiger partial charge in [-0.25, -0.2) is 0 Å². The van der Waals surface area contributed by atoms with Gasteiger partial charge in [-0.15, -0.1) is 0 Å². The van der Waals surface area contributed by atoms with E-state index in [-0.39, 0.29) is 36.1 Å². The van der Waals surface area contributed by atoms with Crippen LogP contribution in [0.1, 0.15) is 12.0 Å². The number of carbonyl (C=O) groups is 3. The minimum atomic E-state index is -0.733. The molecule has 1 aliphatic heterocycles. The maximum absolute atomic E-state index is 12.3. The Morgan fingerprint density at radius 1 is 1.28 bits per heavy atom. The predicted molar refractivity (Wildman–Crippen MR) is 105 cm³/mol. The van der Waals surface area contributed by atoms with Crippen molar-refractivity contribution in [3.05, 3.63) is 53.1 Å². The fourth-order valence-electron chi connectivity index (χ4n) is 2.69. The van der Waals surface area contributed by atoms with Crippen molar-refractivity contribution in [2.75, 3.05) is 30.0 Å². The summed E-state index contributed by atoms with van der Waals surface area (Å²) in [6.45, 7) is -0.650. The summed E-state index contributed by atoms with van der Waals surface area (Å²) in [5.74, 6) is -1.08. The van der Waals surface area contributed by atoms with Gasteiger partial charge in [0.2, 0.25) is 5.91 Å². The third kappa shape index (κ3) is 5.03. The van der Waals surface area contributed by atoms with Gasteiger partial charge >= 0.3 is 5.97 Å². The van der Waals surface area contributed by atoms with E-state index in [4.69, 9.17) is 26.3 Å². The van der Waals surface area contributed by atoms with Crippen molar-refractivity contribution in [1.82, 2.24) is 0 Å². The van der Waals surface area contributed by atoms with Gasteiger partial charge in [0.1, 0.15) is 18.4 Å². The van der Waals surface area contributed by atoms with Gasteiger partial charge in [-0.2, -0.15) is 5.26 Å². The molecule has 3 rings (SSSR count). The number of fused-ring (bicyclic) bond motifs is 1. The third-order valence-corrected chi connectivity index (χ3v) is 4.37. The number of nitrogens with one attached hydrogen (secondary N) is 1. The molecule has 2 aromatic carbocycles. The monoisotopic (exact) mass is 413 g/mol. The van der Waals surface area contributed by atoms with Crippen LogP contribution in [-0.2, 0) is 19.1 Å². The van der Waals surface area contributed by atoms with Gasteiger partial charge in [0.15, 0.2) is 6.61 Å². The second-order valence-corrected chi connectivity index (χ2v) is 6.47. The van der Waals surface area contributed by atoms with Gasteiger partial charge in [-0.3, -0.25) is 19.3 Å². The van der Waals surface area contributed by atoms with Gasteiger partial charge in [0.25, 0.3) is 5.91 Å². The highest BCUT2D eigenvalue weighted by molar-refractivity contribution is 6.32. The normalized spacial score (nSPS) is 12.8. The third-order valence-electron chi connectivity index (χ3n) is 4.06. The van der Waals surface area contributed by atoms with Crippen LogP contribution in [0.3, 0.4) is 0 Å². The van der Waals surface area contributed by atoms with Crippen molar-refractivity contribution in [3.8, 4) is 11.8 Å². The molecule has 0 aromatic heterocycles. The zero-order valence-electron chi connectivity index (χ0n) is 15.2. The molecule has 0 fully saturated rings. The van der Waals surface area contributed by atoms with E-state index in [0.717, 1.165) is 0 Å². The van der Waals surface area contributed by atoms with Crippen molar-refractivity contribution in [3.63, 3.8) is 0 Å². The summed E-state index contributed by atoms with van der Waals surface area (Å²) in [5, 5.41) is 11.6. The number of hydrogen-bond donors (Lipinski definition) is 1. The molecule has 1 N–H and O–H groups in total. The summed E-state index contributed by atoms with van der Waals surface area (Å²) >= 11 is 5.91. The number of amides is 2. The van der Waals surface area contributed by atoms with Gasteiger partial charge < -0.3 is 14.8 Å². The van der Waals surface area contributed by atoms with Crippen LogP contribution in [0, 0.1) is 11.3 Å². The summed E-state index contributed by atoms with van der Waals surface area (Å²) in [6.07, 6.45) is 0.127. The molecule has 8 nitrogen and oxygen atoms in total. The van der Waals surface area contributed by atoms with Crippen molar-refractivity contribution in [2.24, 2.45) is 0 Å². The van der Waals surface area contributed by atoms with Crippen LogP contribution < -0.4 is 15.0 Å². The maximum atomic E-state index is 12.3. The number of esters is 1. The molecule has 1 aliphatic rings. The first kappa shape index (κ1) is 20.2. The molecule has 0 radical (unpaired) electrons. The van der Waals surface area contributed by atoms with Gasteiger partial charge in [0, 0.05) is 5.69 Å². The van der Waals surface area contributed by atoms with E-state index in [1.165, 1.54) is 23.1 Å². The van der Waals surface area contributed by atoms with E-state index in [0.29, 0.717) is 17.1 Å². The molecule has 0 spiro atoms. The lowest BCUT2D eigenvalue weighted by Gasteiger charge is -2.20. The Kier molecular flexibility index (Phi) is 6.32. The standard InChI is InChI=1S/C20H16ClN3O5/c21-15-9-14(6-5-13(15)10-22)23-18(25)12-29-20(27)11-24-16-3-1-2-4-17(16)28-8-7-19(24)26/h1-6,9H,7-8,11-12H2,(H,23,25). The number of rotatable bonds is 5. The SMILES string of the molecule is N#Cc1ccc(NC(=O)COC(=O)CN2C(=O)CCOc3ccccc32)cc1Cl. The number of hydrogen-bond acceptors (Lipinski definition) is 6. The molecule has 0 atom stereocenters. The van der Waals surface area contributed by atoms with Crippen LogP contribution in [0.4, 0.5) is 11.4 Å². The molecule has 0 bridgehead atoms. The van der Waals surface area contributed by atoms with E-state index in [2.05, 4.69) is 5.32 Å². The van der Waals surface area contributed by atoms with Crippen LogP contribution >= 0.6 is 11.6 Å². The minimum absolute atomic E-state index is 0.127. The molecule has 2 aromatic rings. The molecular weight excluding hydrogens is 398 g/mol. The highest BCUT2D eigenvalue weighted by Gasteiger charge is 2.25. The molecule has 1 heterocycles. The molecule has 0 saturated heterocycles. The Hall–Kier alpha value is -3.57. The fraction of sp³-hybridized carbons (Fsp3) is 0.200. The second-order valence-electron chi connectivity index (χ2n) is 6.06. The second kappa shape index (κ2) is 9.08. The first-order valence-electron chi connectivity index (χ1n) is 8.65. The topological polar surface area (TPSA) is 109 Å². The molecule has 148 valence electrons. The lowest BCUT2D eigenvalue weighted by Crippen LogP contribution is -2.36. The van der Waals surface area contributed by atoms with Crippen LogP contribution in [0.15, 0.2) is 42.5 Å².